The Morgan fingerprint density at radius 3 is 2.43 bits per heavy atom. The Bertz CT molecular complexity index is 530. The molecule has 0 radical (unpaired) electrons. The molecule has 0 spiro atoms. The fraction of sp³-hybridized carbons (Fsp3) is 0.412. The first-order chi connectivity index (χ1) is 10.0. The van der Waals surface area contributed by atoms with Crippen LogP contribution in [0.15, 0.2) is 36.9 Å². The van der Waals surface area contributed by atoms with E-state index >= 15 is 0 Å². The first-order valence-corrected chi connectivity index (χ1v) is 7.35. The van der Waals surface area contributed by atoms with Gasteiger partial charge in [-0.15, -0.1) is 0 Å². The van der Waals surface area contributed by atoms with Crippen molar-refractivity contribution in [1.29, 1.82) is 0 Å². The molecule has 2 rings (SSSR count). The number of rotatable bonds is 6. The zero-order chi connectivity index (χ0) is 15.4. The normalized spacial score (nSPS) is 13.9. The molecule has 4 nitrogen and oxygen atoms in total. The fourth-order valence-corrected chi connectivity index (χ4v) is 2.16. The van der Waals surface area contributed by atoms with Crippen LogP contribution in [0.1, 0.15) is 37.0 Å². The first-order valence-electron chi connectivity index (χ1n) is 7.35. The molecule has 1 aromatic rings. The van der Waals surface area contributed by atoms with E-state index in [1.807, 2.05) is 18.7 Å². The molecule has 21 heavy (non-hydrogen) atoms. The molecule has 0 aliphatic heterocycles. The van der Waals surface area contributed by atoms with Crippen molar-refractivity contribution < 1.29 is 9.59 Å². The lowest BCUT2D eigenvalue weighted by Gasteiger charge is -2.27. The molecule has 1 fully saturated rings. The summed E-state index contributed by atoms with van der Waals surface area (Å²) >= 11 is 0. The maximum atomic E-state index is 12.6. The third-order valence-corrected chi connectivity index (χ3v) is 3.62. The molecule has 0 aromatic heterocycles. The summed E-state index contributed by atoms with van der Waals surface area (Å²) in [6, 6.07) is 7.18. The Hall–Kier alpha value is -2.10. The molecule has 1 aromatic carbocycles. The quantitative estimate of drug-likeness (QED) is 0.817. The number of benzene rings is 1. The van der Waals surface area contributed by atoms with Gasteiger partial charge in [-0.3, -0.25) is 9.59 Å². The molecule has 1 aliphatic rings. The van der Waals surface area contributed by atoms with Gasteiger partial charge in [-0.25, -0.2) is 0 Å². The summed E-state index contributed by atoms with van der Waals surface area (Å²) in [6.45, 7) is 8.33. The topological polar surface area (TPSA) is 49.4 Å². The molecule has 1 saturated carbocycles. The highest BCUT2D eigenvalue weighted by Gasteiger charge is 2.28. The second-order valence-corrected chi connectivity index (χ2v) is 5.77. The van der Waals surface area contributed by atoms with Crippen molar-refractivity contribution in [3.8, 4) is 0 Å². The highest BCUT2D eigenvalue weighted by molar-refractivity contribution is 5.99. The van der Waals surface area contributed by atoms with Crippen molar-refractivity contribution in [2.75, 3.05) is 11.9 Å². The van der Waals surface area contributed by atoms with Gasteiger partial charge in [0.05, 0.1) is 0 Å². The van der Waals surface area contributed by atoms with Gasteiger partial charge in [0.25, 0.3) is 5.91 Å². The summed E-state index contributed by atoms with van der Waals surface area (Å²) in [7, 11) is 0. The van der Waals surface area contributed by atoms with Gasteiger partial charge in [0, 0.05) is 23.8 Å². The van der Waals surface area contributed by atoms with Crippen LogP contribution >= 0.6 is 0 Å². The molecule has 0 bridgehead atoms. The van der Waals surface area contributed by atoms with Gasteiger partial charge in [0.1, 0.15) is 0 Å². The van der Waals surface area contributed by atoms with Crippen LogP contribution in [0.3, 0.4) is 0 Å². The van der Waals surface area contributed by atoms with Gasteiger partial charge in [-0.05, 0) is 62.9 Å². The second-order valence-electron chi connectivity index (χ2n) is 5.77. The number of anilines is 1. The number of carbonyl (C=O) groups excluding carboxylic acids is 2. The zero-order valence-electron chi connectivity index (χ0n) is 12.6. The highest BCUT2D eigenvalue weighted by Crippen LogP contribution is 2.30. The Morgan fingerprint density at radius 1 is 1.33 bits per heavy atom. The molecule has 2 amide bonds. The van der Waals surface area contributed by atoms with Crippen LogP contribution in [0.25, 0.3) is 0 Å². The van der Waals surface area contributed by atoms with Crippen LogP contribution < -0.4 is 5.32 Å². The molecule has 0 atom stereocenters. The summed E-state index contributed by atoms with van der Waals surface area (Å²) in [4.78, 5) is 25.7. The van der Waals surface area contributed by atoms with Gasteiger partial charge in [-0.2, -0.15) is 0 Å². The Labute approximate surface area is 125 Å². The van der Waals surface area contributed by atoms with E-state index in [1.54, 1.807) is 24.3 Å². The van der Waals surface area contributed by atoms with Crippen molar-refractivity contribution in [3.63, 3.8) is 0 Å². The van der Waals surface area contributed by atoms with Crippen LogP contribution in [0.2, 0.25) is 0 Å². The van der Waals surface area contributed by atoms with E-state index in [2.05, 4.69) is 11.9 Å². The summed E-state index contributed by atoms with van der Waals surface area (Å²) in [5.74, 6) is 0.465. The second kappa shape index (κ2) is 6.57. The van der Waals surface area contributed by atoms with E-state index in [4.69, 9.17) is 0 Å². The molecule has 4 heteroatoms. The maximum Gasteiger partial charge on any atom is 0.254 e. The predicted molar refractivity (Wildman–Crippen MR) is 84.2 cm³/mol. The van der Waals surface area contributed by atoms with Crippen LogP contribution in [0.4, 0.5) is 5.69 Å². The van der Waals surface area contributed by atoms with Crippen LogP contribution in [-0.4, -0.2) is 29.3 Å². The summed E-state index contributed by atoms with van der Waals surface area (Å²) in [6.07, 6.45) is 3.67. The van der Waals surface area contributed by atoms with Gasteiger partial charge in [-0.1, -0.05) is 6.58 Å². The number of hydrogen-bond acceptors (Lipinski definition) is 2. The lowest BCUT2D eigenvalue weighted by molar-refractivity contribution is -0.111. The van der Waals surface area contributed by atoms with E-state index < -0.39 is 0 Å². The SMILES string of the molecule is C=CC(=O)Nc1ccc(C(=O)N(CC2CC2)C(C)C)cc1. The highest BCUT2D eigenvalue weighted by atomic mass is 16.2. The number of amides is 2. The Morgan fingerprint density at radius 2 is 1.95 bits per heavy atom. The van der Waals surface area contributed by atoms with Gasteiger partial charge in [0.2, 0.25) is 5.91 Å². The molecule has 0 heterocycles. The minimum absolute atomic E-state index is 0.0542. The van der Waals surface area contributed by atoms with E-state index in [0.717, 1.165) is 6.54 Å². The smallest absolute Gasteiger partial charge is 0.254 e. The molecule has 1 aliphatic carbocycles. The maximum absolute atomic E-state index is 12.6. The van der Waals surface area contributed by atoms with E-state index in [0.29, 0.717) is 17.2 Å². The molecular formula is C17H22N2O2. The van der Waals surface area contributed by atoms with E-state index in [9.17, 15) is 9.59 Å². The Kier molecular flexibility index (Phi) is 4.78. The lowest BCUT2D eigenvalue weighted by atomic mass is 10.1. The Balaban J connectivity index is 2.06. The lowest BCUT2D eigenvalue weighted by Crippen LogP contribution is -2.38. The summed E-state index contributed by atoms with van der Waals surface area (Å²) in [5.41, 5.74) is 1.32. The van der Waals surface area contributed by atoms with Crippen molar-refractivity contribution in [2.24, 2.45) is 5.92 Å². The number of nitrogens with zero attached hydrogens (tertiary/aromatic N) is 1. The number of carbonyl (C=O) groups is 2. The van der Waals surface area contributed by atoms with E-state index in [-0.39, 0.29) is 17.9 Å². The van der Waals surface area contributed by atoms with Gasteiger partial charge < -0.3 is 10.2 Å². The van der Waals surface area contributed by atoms with Crippen LogP contribution in [0, 0.1) is 5.92 Å². The molecule has 112 valence electrons. The predicted octanol–water partition coefficient (Wildman–Crippen LogP) is 3.07. The first kappa shape index (κ1) is 15.3. The molecule has 0 saturated heterocycles. The molecular weight excluding hydrogens is 264 g/mol. The monoisotopic (exact) mass is 286 g/mol. The van der Waals surface area contributed by atoms with Crippen molar-refractivity contribution in [1.82, 2.24) is 4.90 Å². The van der Waals surface area contributed by atoms with Gasteiger partial charge in [0.15, 0.2) is 0 Å². The average molecular weight is 286 g/mol. The third-order valence-electron chi connectivity index (χ3n) is 3.62. The van der Waals surface area contributed by atoms with Crippen LogP contribution in [0.5, 0.6) is 0 Å². The number of nitrogens with one attached hydrogen (secondary N) is 1. The largest absolute Gasteiger partial charge is 0.336 e. The zero-order valence-corrected chi connectivity index (χ0v) is 12.6. The third kappa shape index (κ3) is 4.18. The summed E-state index contributed by atoms with van der Waals surface area (Å²) in [5, 5.41) is 2.67. The van der Waals surface area contributed by atoms with Crippen LogP contribution in [-0.2, 0) is 4.79 Å². The minimum atomic E-state index is -0.258. The van der Waals surface area contributed by atoms with E-state index in [1.165, 1.54) is 18.9 Å². The molecule has 0 unspecified atom stereocenters. The fourth-order valence-electron chi connectivity index (χ4n) is 2.16. The minimum Gasteiger partial charge on any atom is -0.336 e. The van der Waals surface area contributed by atoms with Crippen molar-refractivity contribution in [3.05, 3.63) is 42.5 Å². The summed E-state index contributed by atoms with van der Waals surface area (Å²) < 4.78 is 0. The van der Waals surface area contributed by atoms with Gasteiger partial charge >= 0.3 is 0 Å². The standard InChI is InChI=1S/C17H22N2O2/c1-4-16(20)18-15-9-7-14(8-10-15)17(21)19(12(2)3)11-13-5-6-13/h4,7-10,12-13H,1,5-6,11H2,2-3H3,(H,18,20). The molecule has 1 N–H and O–H groups in total. The van der Waals surface area contributed by atoms with Crippen molar-refractivity contribution >= 4 is 17.5 Å². The number of hydrogen-bond donors (Lipinski definition) is 1. The van der Waals surface area contributed by atoms with Crippen molar-refractivity contribution in [2.45, 2.75) is 32.7 Å². The average Bonchev–Trinajstić information content (AvgIpc) is 3.28.